The lowest BCUT2D eigenvalue weighted by molar-refractivity contribution is -0.384. The van der Waals surface area contributed by atoms with Crippen LogP contribution in [0.3, 0.4) is 0 Å². The van der Waals surface area contributed by atoms with E-state index < -0.39 is 4.92 Å². The number of rotatable bonds is 4. The monoisotopic (exact) mass is 294 g/mol. The van der Waals surface area contributed by atoms with E-state index in [9.17, 15) is 10.1 Å². The van der Waals surface area contributed by atoms with Gasteiger partial charge in [0, 0.05) is 29.6 Å². The van der Waals surface area contributed by atoms with Gasteiger partial charge in [-0.05, 0) is 17.8 Å². The van der Waals surface area contributed by atoms with Crippen molar-refractivity contribution in [2.24, 2.45) is 17.9 Å². The van der Waals surface area contributed by atoms with Crippen LogP contribution in [-0.2, 0) is 7.05 Å². The first-order chi connectivity index (χ1) is 9.52. The fourth-order valence-electron chi connectivity index (χ4n) is 1.45. The Hall–Kier alpha value is -2.62. The minimum Gasteiger partial charge on any atom is -0.409 e. The summed E-state index contributed by atoms with van der Waals surface area (Å²) in [6, 6.07) is 4.10. The van der Waals surface area contributed by atoms with Gasteiger partial charge in [-0.2, -0.15) is 5.10 Å². The fourth-order valence-corrected chi connectivity index (χ4v) is 2.34. The van der Waals surface area contributed by atoms with Gasteiger partial charge >= 0.3 is 0 Å². The zero-order valence-electron chi connectivity index (χ0n) is 10.3. The highest BCUT2D eigenvalue weighted by atomic mass is 32.2. The summed E-state index contributed by atoms with van der Waals surface area (Å²) in [6.45, 7) is 0. The van der Waals surface area contributed by atoms with Crippen LogP contribution >= 0.6 is 11.8 Å². The fraction of sp³-hybridized carbons (Fsp3) is 0.100. The summed E-state index contributed by atoms with van der Waals surface area (Å²) in [5.74, 6) is -0.210. The SMILES string of the molecule is Cn1ncnc1Sc1ccc([N+](=O)[O-])cc1/C(N)=N/O. The first kappa shape index (κ1) is 13.8. The van der Waals surface area contributed by atoms with Crippen LogP contribution in [0.4, 0.5) is 5.69 Å². The lowest BCUT2D eigenvalue weighted by atomic mass is 10.2. The number of non-ortho nitro benzene ring substituents is 1. The summed E-state index contributed by atoms with van der Waals surface area (Å²) in [4.78, 5) is 14.8. The van der Waals surface area contributed by atoms with Gasteiger partial charge in [0.2, 0.25) is 0 Å². The molecule has 0 unspecified atom stereocenters. The predicted molar refractivity (Wildman–Crippen MR) is 70.7 cm³/mol. The number of aryl methyl sites for hydroxylation is 1. The second-order valence-electron chi connectivity index (χ2n) is 3.69. The molecule has 10 heteroatoms. The van der Waals surface area contributed by atoms with E-state index in [0.29, 0.717) is 10.1 Å². The molecule has 0 saturated carbocycles. The van der Waals surface area contributed by atoms with Crippen LogP contribution in [0.25, 0.3) is 0 Å². The average molecular weight is 294 g/mol. The van der Waals surface area contributed by atoms with E-state index in [4.69, 9.17) is 10.9 Å². The van der Waals surface area contributed by atoms with Crippen molar-refractivity contribution < 1.29 is 10.1 Å². The summed E-state index contributed by atoms with van der Waals surface area (Å²) >= 11 is 1.21. The molecule has 0 spiro atoms. The molecule has 0 bridgehead atoms. The molecule has 2 aromatic rings. The molecule has 0 aliphatic heterocycles. The molecule has 9 nitrogen and oxygen atoms in total. The van der Waals surface area contributed by atoms with Crippen LogP contribution in [-0.4, -0.2) is 30.7 Å². The van der Waals surface area contributed by atoms with Gasteiger partial charge in [0.1, 0.15) is 6.33 Å². The molecule has 1 aromatic carbocycles. The standard InChI is InChI=1S/C10H10N6O3S/c1-15-10(12-5-13-15)20-8-3-2-6(16(18)19)4-7(8)9(11)14-17/h2-5,17H,1H3,(H2,11,14). The highest BCUT2D eigenvalue weighted by Crippen LogP contribution is 2.30. The Labute approximate surface area is 117 Å². The topological polar surface area (TPSA) is 132 Å². The van der Waals surface area contributed by atoms with E-state index in [-0.39, 0.29) is 17.1 Å². The number of nitro groups is 1. The van der Waals surface area contributed by atoms with Crippen LogP contribution < -0.4 is 5.73 Å². The maximum Gasteiger partial charge on any atom is 0.270 e. The minimum atomic E-state index is -0.551. The molecule has 20 heavy (non-hydrogen) atoms. The first-order valence-corrected chi connectivity index (χ1v) is 6.12. The third-order valence-corrected chi connectivity index (χ3v) is 3.56. The number of nitrogens with zero attached hydrogens (tertiary/aromatic N) is 5. The molecule has 0 aliphatic carbocycles. The second kappa shape index (κ2) is 5.57. The van der Waals surface area contributed by atoms with Gasteiger partial charge in [0.05, 0.1) is 4.92 Å². The number of amidine groups is 1. The molecule has 0 atom stereocenters. The molecule has 2 rings (SSSR count). The molecule has 0 amide bonds. The number of nitro benzene ring substituents is 1. The summed E-state index contributed by atoms with van der Waals surface area (Å²) in [5, 5.41) is 26.9. The van der Waals surface area contributed by atoms with E-state index in [0.717, 1.165) is 0 Å². The largest absolute Gasteiger partial charge is 0.409 e. The summed E-state index contributed by atoms with van der Waals surface area (Å²) in [7, 11) is 1.71. The van der Waals surface area contributed by atoms with Crippen LogP contribution in [0.2, 0.25) is 0 Å². The molecule has 1 heterocycles. The van der Waals surface area contributed by atoms with Crippen LogP contribution in [0.5, 0.6) is 0 Å². The van der Waals surface area contributed by atoms with Gasteiger partial charge in [0.15, 0.2) is 11.0 Å². The summed E-state index contributed by atoms with van der Waals surface area (Å²) in [5.41, 5.74) is 5.67. The van der Waals surface area contributed by atoms with Crippen molar-refractivity contribution in [3.05, 3.63) is 40.2 Å². The van der Waals surface area contributed by atoms with E-state index >= 15 is 0 Å². The van der Waals surface area contributed by atoms with Gasteiger partial charge in [-0.1, -0.05) is 5.16 Å². The normalized spacial score (nSPS) is 11.6. The van der Waals surface area contributed by atoms with Crippen LogP contribution in [0.15, 0.2) is 39.7 Å². The molecule has 104 valence electrons. The minimum absolute atomic E-state index is 0.145. The lowest BCUT2D eigenvalue weighted by Crippen LogP contribution is -2.14. The molecule has 0 aliphatic rings. The zero-order valence-corrected chi connectivity index (χ0v) is 11.1. The summed E-state index contributed by atoms with van der Waals surface area (Å²) in [6.07, 6.45) is 1.39. The van der Waals surface area contributed by atoms with Crippen molar-refractivity contribution in [2.45, 2.75) is 10.1 Å². The maximum absolute atomic E-state index is 10.8. The highest BCUT2D eigenvalue weighted by Gasteiger charge is 2.16. The Balaban J connectivity index is 2.47. The van der Waals surface area contributed by atoms with Crippen LogP contribution in [0, 0.1) is 10.1 Å². The smallest absolute Gasteiger partial charge is 0.270 e. The number of aromatic nitrogens is 3. The van der Waals surface area contributed by atoms with Crippen molar-refractivity contribution in [3.8, 4) is 0 Å². The van der Waals surface area contributed by atoms with E-state index in [1.807, 2.05) is 0 Å². The van der Waals surface area contributed by atoms with E-state index in [2.05, 4.69) is 15.2 Å². The Morgan fingerprint density at radius 3 is 2.90 bits per heavy atom. The Bertz CT molecular complexity index is 683. The van der Waals surface area contributed by atoms with Crippen molar-refractivity contribution >= 4 is 23.3 Å². The maximum atomic E-state index is 10.8. The molecule has 3 N–H and O–H groups in total. The van der Waals surface area contributed by atoms with Gasteiger partial charge in [-0.15, -0.1) is 0 Å². The Morgan fingerprint density at radius 1 is 1.60 bits per heavy atom. The van der Waals surface area contributed by atoms with Crippen molar-refractivity contribution in [3.63, 3.8) is 0 Å². The lowest BCUT2D eigenvalue weighted by Gasteiger charge is -2.07. The third-order valence-electron chi connectivity index (χ3n) is 2.43. The van der Waals surface area contributed by atoms with E-state index in [1.165, 1.54) is 36.3 Å². The number of nitrogens with two attached hydrogens (primary N) is 1. The molecule has 0 saturated heterocycles. The van der Waals surface area contributed by atoms with Gasteiger partial charge in [-0.25, -0.2) is 9.67 Å². The van der Waals surface area contributed by atoms with Crippen molar-refractivity contribution in [1.29, 1.82) is 0 Å². The molecule has 0 fully saturated rings. The zero-order chi connectivity index (χ0) is 14.7. The number of benzene rings is 1. The Morgan fingerprint density at radius 2 is 2.35 bits per heavy atom. The van der Waals surface area contributed by atoms with Gasteiger partial charge in [-0.3, -0.25) is 10.1 Å². The average Bonchev–Trinajstić information content (AvgIpc) is 2.83. The molecule has 1 aromatic heterocycles. The molecule has 0 radical (unpaired) electrons. The first-order valence-electron chi connectivity index (χ1n) is 5.31. The predicted octanol–water partition coefficient (Wildman–Crippen LogP) is 0.969. The van der Waals surface area contributed by atoms with Crippen molar-refractivity contribution in [2.75, 3.05) is 0 Å². The number of hydrogen-bond donors (Lipinski definition) is 2. The van der Waals surface area contributed by atoms with Crippen molar-refractivity contribution in [1.82, 2.24) is 14.8 Å². The van der Waals surface area contributed by atoms with E-state index in [1.54, 1.807) is 11.7 Å². The number of hydrogen-bond acceptors (Lipinski definition) is 7. The second-order valence-corrected chi connectivity index (χ2v) is 4.70. The third kappa shape index (κ3) is 2.69. The summed E-state index contributed by atoms with van der Waals surface area (Å²) < 4.78 is 1.54. The molecular weight excluding hydrogens is 284 g/mol. The quantitative estimate of drug-likeness (QED) is 0.282. The number of oxime groups is 1. The molecular formula is C10H10N6O3S. The highest BCUT2D eigenvalue weighted by molar-refractivity contribution is 7.99. The van der Waals surface area contributed by atoms with Crippen LogP contribution in [0.1, 0.15) is 5.56 Å². The van der Waals surface area contributed by atoms with Gasteiger partial charge in [0.25, 0.3) is 5.69 Å². The van der Waals surface area contributed by atoms with Gasteiger partial charge < -0.3 is 10.9 Å². The Kier molecular flexibility index (Phi) is 3.84.